The zero-order valence-corrected chi connectivity index (χ0v) is 11.4. The molecule has 2 fully saturated rings. The van der Waals surface area contributed by atoms with Crippen molar-refractivity contribution in [3.05, 3.63) is 0 Å². The Balaban J connectivity index is 0.00000144. The van der Waals surface area contributed by atoms with Gasteiger partial charge in [0.25, 0.3) is 10.2 Å². The summed E-state index contributed by atoms with van der Waals surface area (Å²) in [4.78, 5) is 0. The Bertz CT molecular complexity index is 313. The minimum atomic E-state index is -3.32. The average molecular weight is 286 g/mol. The summed E-state index contributed by atoms with van der Waals surface area (Å²) in [5.74, 6) is 0. The molecule has 8 heteroatoms. The molecule has 0 bridgehead atoms. The maximum atomic E-state index is 12.0. The third kappa shape index (κ3) is 4.35. The highest BCUT2D eigenvalue weighted by molar-refractivity contribution is 7.87. The lowest BCUT2D eigenvalue weighted by atomic mass is 10.1. The van der Waals surface area contributed by atoms with Crippen molar-refractivity contribution in [1.82, 2.24) is 14.3 Å². The second-order valence-corrected chi connectivity index (χ2v) is 5.88. The molecule has 0 aliphatic carbocycles. The van der Waals surface area contributed by atoms with E-state index in [0.29, 0.717) is 26.3 Å². The third-order valence-electron chi connectivity index (χ3n) is 2.92. The molecule has 0 aromatic carbocycles. The van der Waals surface area contributed by atoms with Crippen LogP contribution >= 0.6 is 12.4 Å². The molecule has 2 N–H and O–H groups in total. The molecule has 2 rings (SSSR count). The van der Waals surface area contributed by atoms with Gasteiger partial charge >= 0.3 is 0 Å². The van der Waals surface area contributed by atoms with Gasteiger partial charge in [-0.15, -0.1) is 12.4 Å². The highest BCUT2D eigenvalue weighted by Crippen LogP contribution is 2.07. The van der Waals surface area contributed by atoms with E-state index in [1.54, 1.807) is 0 Å². The van der Waals surface area contributed by atoms with E-state index in [2.05, 4.69) is 10.0 Å². The third-order valence-corrected chi connectivity index (χ3v) is 4.60. The van der Waals surface area contributed by atoms with Crippen LogP contribution in [0.15, 0.2) is 0 Å². The topological polar surface area (TPSA) is 70.7 Å². The van der Waals surface area contributed by atoms with Gasteiger partial charge in [-0.05, 0) is 19.4 Å². The summed E-state index contributed by atoms with van der Waals surface area (Å²) in [5, 5.41) is 3.19. The van der Waals surface area contributed by atoms with E-state index in [4.69, 9.17) is 4.74 Å². The molecule has 0 aromatic heterocycles. The zero-order valence-electron chi connectivity index (χ0n) is 9.72. The molecule has 2 aliphatic rings. The molecule has 6 nitrogen and oxygen atoms in total. The van der Waals surface area contributed by atoms with Gasteiger partial charge in [0.15, 0.2) is 0 Å². The van der Waals surface area contributed by atoms with E-state index in [-0.39, 0.29) is 18.4 Å². The Morgan fingerprint density at radius 2 is 2.00 bits per heavy atom. The SMILES string of the molecule is Cl.O=S(=O)(N[C@@H]1CCCNC1)N1CCOCC1. The first kappa shape index (κ1) is 15.1. The fourth-order valence-electron chi connectivity index (χ4n) is 2.02. The molecule has 0 radical (unpaired) electrons. The molecular formula is C9H20ClN3O3S. The minimum absolute atomic E-state index is 0. The molecule has 1 atom stereocenters. The van der Waals surface area contributed by atoms with Gasteiger partial charge in [0.1, 0.15) is 0 Å². The van der Waals surface area contributed by atoms with Crippen LogP contribution in [0.1, 0.15) is 12.8 Å². The highest BCUT2D eigenvalue weighted by Gasteiger charge is 2.27. The van der Waals surface area contributed by atoms with Crippen LogP contribution in [-0.2, 0) is 14.9 Å². The van der Waals surface area contributed by atoms with Crippen molar-refractivity contribution in [3.63, 3.8) is 0 Å². The number of hydrogen-bond acceptors (Lipinski definition) is 4. The smallest absolute Gasteiger partial charge is 0.279 e. The van der Waals surface area contributed by atoms with Crippen LogP contribution in [0.3, 0.4) is 0 Å². The van der Waals surface area contributed by atoms with E-state index in [9.17, 15) is 8.42 Å². The molecule has 2 saturated heterocycles. The lowest BCUT2D eigenvalue weighted by Gasteiger charge is -2.30. The number of rotatable bonds is 3. The Labute approximate surface area is 109 Å². The van der Waals surface area contributed by atoms with Crippen molar-refractivity contribution in [1.29, 1.82) is 0 Å². The van der Waals surface area contributed by atoms with E-state index >= 15 is 0 Å². The fraction of sp³-hybridized carbons (Fsp3) is 1.00. The summed E-state index contributed by atoms with van der Waals surface area (Å²) < 4.78 is 33.3. The maximum Gasteiger partial charge on any atom is 0.279 e. The van der Waals surface area contributed by atoms with Crippen molar-refractivity contribution in [2.24, 2.45) is 0 Å². The van der Waals surface area contributed by atoms with Crippen LogP contribution in [0, 0.1) is 0 Å². The first-order chi connectivity index (χ1) is 7.68. The fourth-order valence-corrected chi connectivity index (χ4v) is 3.43. The largest absolute Gasteiger partial charge is 0.379 e. The lowest BCUT2D eigenvalue weighted by molar-refractivity contribution is 0.0722. The molecule has 2 aliphatic heterocycles. The van der Waals surface area contributed by atoms with Crippen molar-refractivity contribution in [3.8, 4) is 0 Å². The van der Waals surface area contributed by atoms with Gasteiger partial charge in [-0.1, -0.05) is 0 Å². The Kier molecular flexibility index (Phi) is 6.11. The molecule has 0 unspecified atom stereocenters. The van der Waals surface area contributed by atoms with Crippen LogP contribution in [0.2, 0.25) is 0 Å². The molecule has 0 aromatic rings. The van der Waals surface area contributed by atoms with Crippen LogP contribution in [0.25, 0.3) is 0 Å². The predicted octanol–water partition coefficient (Wildman–Crippen LogP) is -0.673. The predicted molar refractivity (Wildman–Crippen MR) is 67.6 cm³/mol. The van der Waals surface area contributed by atoms with Gasteiger partial charge in [-0.25, -0.2) is 0 Å². The van der Waals surface area contributed by atoms with Gasteiger partial charge < -0.3 is 10.1 Å². The lowest BCUT2D eigenvalue weighted by Crippen LogP contribution is -2.53. The molecule has 0 saturated carbocycles. The number of ether oxygens (including phenoxy) is 1. The monoisotopic (exact) mass is 285 g/mol. The van der Waals surface area contributed by atoms with E-state index in [1.165, 1.54) is 4.31 Å². The van der Waals surface area contributed by atoms with Gasteiger partial charge in [-0.2, -0.15) is 17.4 Å². The van der Waals surface area contributed by atoms with Gasteiger partial charge in [0.2, 0.25) is 0 Å². The maximum absolute atomic E-state index is 12.0. The summed E-state index contributed by atoms with van der Waals surface area (Å²) in [5.41, 5.74) is 0. The number of halogens is 1. The van der Waals surface area contributed by atoms with E-state index in [0.717, 1.165) is 25.9 Å². The quantitative estimate of drug-likeness (QED) is 0.721. The van der Waals surface area contributed by atoms with Gasteiger partial charge in [-0.3, -0.25) is 0 Å². The Morgan fingerprint density at radius 1 is 1.29 bits per heavy atom. The number of hydrogen-bond donors (Lipinski definition) is 2. The number of morpholine rings is 1. The minimum Gasteiger partial charge on any atom is -0.379 e. The Hall–Kier alpha value is 0.0800. The molecule has 2 heterocycles. The van der Waals surface area contributed by atoms with Crippen LogP contribution in [0.4, 0.5) is 0 Å². The zero-order chi connectivity index (χ0) is 11.4. The number of piperidine rings is 1. The van der Waals surface area contributed by atoms with Crippen LogP contribution in [-0.4, -0.2) is 58.2 Å². The van der Waals surface area contributed by atoms with Gasteiger partial charge in [0, 0.05) is 25.7 Å². The van der Waals surface area contributed by atoms with Crippen molar-refractivity contribution in [2.75, 3.05) is 39.4 Å². The molecular weight excluding hydrogens is 266 g/mol. The van der Waals surface area contributed by atoms with Crippen molar-refractivity contribution in [2.45, 2.75) is 18.9 Å². The van der Waals surface area contributed by atoms with Gasteiger partial charge in [0.05, 0.1) is 13.2 Å². The first-order valence-electron chi connectivity index (χ1n) is 5.74. The van der Waals surface area contributed by atoms with E-state index < -0.39 is 10.2 Å². The summed E-state index contributed by atoms with van der Waals surface area (Å²) in [6.45, 7) is 3.60. The molecule has 0 amide bonds. The summed E-state index contributed by atoms with van der Waals surface area (Å²) in [6.07, 6.45) is 1.94. The van der Waals surface area contributed by atoms with Crippen molar-refractivity contribution >= 4 is 22.6 Å². The summed E-state index contributed by atoms with van der Waals surface area (Å²) in [7, 11) is -3.32. The number of nitrogens with zero attached hydrogens (tertiary/aromatic N) is 1. The second kappa shape index (κ2) is 6.86. The summed E-state index contributed by atoms with van der Waals surface area (Å²) >= 11 is 0. The van der Waals surface area contributed by atoms with E-state index in [1.807, 2.05) is 0 Å². The average Bonchev–Trinajstić information content (AvgIpc) is 2.31. The first-order valence-corrected chi connectivity index (χ1v) is 7.18. The molecule has 17 heavy (non-hydrogen) atoms. The van der Waals surface area contributed by atoms with Crippen LogP contribution < -0.4 is 10.0 Å². The molecule has 102 valence electrons. The molecule has 0 spiro atoms. The Morgan fingerprint density at radius 3 is 2.59 bits per heavy atom. The highest BCUT2D eigenvalue weighted by atomic mass is 35.5. The van der Waals surface area contributed by atoms with Crippen LogP contribution in [0.5, 0.6) is 0 Å². The van der Waals surface area contributed by atoms with Crippen molar-refractivity contribution < 1.29 is 13.2 Å². The standard InChI is InChI=1S/C9H19N3O3S.ClH/c13-16(14,12-4-6-15-7-5-12)11-9-2-1-3-10-8-9;/h9-11H,1-8H2;1H/t9-;/m1./s1. The second-order valence-electron chi connectivity index (χ2n) is 4.18. The number of nitrogens with one attached hydrogen (secondary N) is 2. The normalized spacial score (nSPS) is 27.4. The summed E-state index contributed by atoms with van der Waals surface area (Å²) in [6, 6.07) is 0.0293.